The Morgan fingerprint density at radius 2 is 2.00 bits per heavy atom. The van der Waals surface area contributed by atoms with Crippen LogP contribution in [-0.4, -0.2) is 50.0 Å². The van der Waals surface area contributed by atoms with Gasteiger partial charge in [-0.15, -0.1) is 5.10 Å². The molecule has 1 aliphatic rings. The van der Waals surface area contributed by atoms with Gasteiger partial charge in [-0.25, -0.2) is 4.68 Å². The summed E-state index contributed by atoms with van der Waals surface area (Å²) in [7, 11) is 3.62. The zero-order valence-corrected chi connectivity index (χ0v) is 15.2. The van der Waals surface area contributed by atoms with E-state index in [4.69, 9.17) is 0 Å². The van der Waals surface area contributed by atoms with E-state index in [0.29, 0.717) is 10.6 Å². The van der Waals surface area contributed by atoms with E-state index >= 15 is 0 Å². The molecule has 0 spiro atoms. The molecule has 1 aromatic carbocycles. The van der Waals surface area contributed by atoms with Gasteiger partial charge in [0.15, 0.2) is 0 Å². The van der Waals surface area contributed by atoms with Gasteiger partial charge < -0.3 is 4.90 Å². The number of aryl methyl sites for hydroxylation is 1. The number of para-hydroxylation sites is 1. The van der Waals surface area contributed by atoms with E-state index in [1.54, 1.807) is 22.0 Å². The van der Waals surface area contributed by atoms with E-state index in [1.807, 2.05) is 38.4 Å². The number of aromatic nitrogens is 3. The van der Waals surface area contributed by atoms with Crippen molar-refractivity contribution in [1.29, 1.82) is 0 Å². The average Bonchev–Trinajstić information content (AvgIpc) is 3.15. The first-order valence-corrected chi connectivity index (χ1v) is 8.72. The minimum absolute atomic E-state index is 0.115. The van der Waals surface area contributed by atoms with Crippen molar-refractivity contribution in [2.24, 2.45) is 0 Å². The van der Waals surface area contributed by atoms with Crippen LogP contribution in [0.3, 0.4) is 0 Å². The standard InChI is InChI=1S/C17H19N5O2S/c1-4-12-7-5-6-8-14(12)22-10-13(18-19-22)9-21-16(23)15(11-20(2)3)25-17(21)24/h5-8,10-11H,4,9H2,1-3H3/b15-11-. The van der Waals surface area contributed by atoms with Gasteiger partial charge in [0.25, 0.3) is 11.1 Å². The number of rotatable bonds is 5. The molecule has 25 heavy (non-hydrogen) atoms. The molecule has 8 heteroatoms. The Balaban J connectivity index is 1.80. The van der Waals surface area contributed by atoms with Crippen molar-refractivity contribution in [2.45, 2.75) is 19.9 Å². The van der Waals surface area contributed by atoms with Crippen LogP contribution >= 0.6 is 11.8 Å². The van der Waals surface area contributed by atoms with Crippen molar-refractivity contribution < 1.29 is 9.59 Å². The molecule has 1 aromatic heterocycles. The topological polar surface area (TPSA) is 71.3 Å². The van der Waals surface area contributed by atoms with Gasteiger partial charge in [0.05, 0.1) is 23.3 Å². The molecule has 130 valence electrons. The molecule has 7 nitrogen and oxygen atoms in total. The van der Waals surface area contributed by atoms with Gasteiger partial charge in [-0.3, -0.25) is 14.5 Å². The molecule has 2 heterocycles. The lowest BCUT2D eigenvalue weighted by Crippen LogP contribution is -2.28. The second-order valence-electron chi connectivity index (χ2n) is 5.85. The quantitative estimate of drug-likeness (QED) is 0.766. The van der Waals surface area contributed by atoms with Crippen LogP contribution in [0.25, 0.3) is 5.69 Å². The summed E-state index contributed by atoms with van der Waals surface area (Å²) in [5, 5.41) is 7.97. The maximum atomic E-state index is 12.4. The highest BCUT2D eigenvalue weighted by atomic mass is 32.2. The first-order chi connectivity index (χ1) is 12.0. The monoisotopic (exact) mass is 357 g/mol. The van der Waals surface area contributed by atoms with Gasteiger partial charge in [-0.2, -0.15) is 0 Å². The number of nitrogens with zero attached hydrogens (tertiary/aromatic N) is 5. The van der Waals surface area contributed by atoms with E-state index in [0.717, 1.165) is 29.4 Å². The van der Waals surface area contributed by atoms with Crippen LogP contribution in [-0.2, 0) is 17.8 Å². The zero-order chi connectivity index (χ0) is 18.0. The maximum Gasteiger partial charge on any atom is 0.293 e. The van der Waals surface area contributed by atoms with E-state index in [2.05, 4.69) is 17.2 Å². The molecule has 3 rings (SSSR count). The first kappa shape index (κ1) is 17.2. The van der Waals surface area contributed by atoms with Crippen LogP contribution in [0.2, 0.25) is 0 Å². The number of amides is 2. The molecule has 0 aliphatic carbocycles. The summed E-state index contributed by atoms with van der Waals surface area (Å²) in [6.45, 7) is 2.19. The molecule has 0 N–H and O–H groups in total. The fourth-order valence-electron chi connectivity index (χ4n) is 2.55. The molecule has 0 radical (unpaired) electrons. The predicted molar refractivity (Wildman–Crippen MR) is 96.0 cm³/mol. The molecule has 0 atom stereocenters. The van der Waals surface area contributed by atoms with E-state index in [1.165, 1.54) is 4.90 Å². The molecular formula is C17H19N5O2S. The Kier molecular flexibility index (Phi) is 4.89. The third-order valence-corrected chi connectivity index (χ3v) is 4.62. The average molecular weight is 357 g/mol. The van der Waals surface area contributed by atoms with Gasteiger partial charge in [0.2, 0.25) is 0 Å². The maximum absolute atomic E-state index is 12.4. The molecule has 0 bridgehead atoms. The lowest BCUT2D eigenvalue weighted by atomic mass is 10.1. The zero-order valence-electron chi connectivity index (χ0n) is 14.3. The van der Waals surface area contributed by atoms with Crippen molar-refractivity contribution >= 4 is 22.9 Å². The highest BCUT2D eigenvalue weighted by Gasteiger charge is 2.35. The number of imide groups is 1. The Morgan fingerprint density at radius 1 is 1.24 bits per heavy atom. The number of thioether (sulfide) groups is 1. The summed E-state index contributed by atoms with van der Waals surface area (Å²) >= 11 is 0.941. The largest absolute Gasteiger partial charge is 0.382 e. The molecule has 2 amide bonds. The number of hydrogen-bond donors (Lipinski definition) is 0. The number of benzene rings is 1. The Morgan fingerprint density at radius 3 is 2.72 bits per heavy atom. The highest BCUT2D eigenvalue weighted by molar-refractivity contribution is 8.18. The summed E-state index contributed by atoms with van der Waals surface area (Å²) in [5.74, 6) is -0.299. The molecule has 0 unspecified atom stereocenters. The summed E-state index contributed by atoms with van der Waals surface area (Å²) in [5.41, 5.74) is 2.67. The van der Waals surface area contributed by atoms with Gasteiger partial charge >= 0.3 is 0 Å². The van der Waals surface area contributed by atoms with Crippen LogP contribution in [0.15, 0.2) is 41.6 Å². The van der Waals surface area contributed by atoms with Crippen molar-refractivity contribution in [3.63, 3.8) is 0 Å². The van der Waals surface area contributed by atoms with E-state index in [-0.39, 0.29) is 17.7 Å². The van der Waals surface area contributed by atoms with Crippen LogP contribution in [0.5, 0.6) is 0 Å². The summed E-state index contributed by atoms with van der Waals surface area (Å²) in [6.07, 6.45) is 4.29. The van der Waals surface area contributed by atoms with Crippen molar-refractivity contribution in [3.8, 4) is 5.69 Å². The fourth-order valence-corrected chi connectivity index (χ4v) is 3.45. The molecular weight excluding hydrogens is 338 g/mol. The lowest BCUT2D eigenvalue weighted by Gasteiger charge is -2.10. The second kappa shape index (κ2) is 7.10. The highest BCUT2D eigenvalue weighted by Crippen LogP contribution is 2.31. The molecule has 0 saturated carbocycles. The Hall–Kier alpha value is -2.61. The lowest BCUT2D eigenvalue weighted by molar-refractivity contribution is -0.123. The second-order valence-corrected chi connectivity index (χ2v) is 6.85. The third kappa shape index (κ3) is 3.58. The smallest absolute Gasteiger partial charge is 0.293 e. The molecule has 1 fully saturated rings. The minimum atomic E-state index is -0.299. The van der Waals surface area contributed by atoms with Gasteiger partial charge in [0, 0.05) is 20.3 Å². The SMILES string of the molecule is CCc1ccccc1-n1cc(CN2C(=O)S/C(=C\N(C)C)C2=O)nn1. The number of hydrogen-bond acceptors (Lipinski definition) is 6. The van der Waals surface area contributed by atoms with Gasteiger partial charge in [-0.1, -0.05) is 30.3 Å². The summed E-state index contributed by atoms with van der Waals surface area (Å²) in [4.78, 5) is 27.8. The van der Waals surface area contributed by atoms with E-state index in [9.17, 15) is 9.59 Å². The number of carbonyl (C=O) groups is 2. The summed E-state index contributed by atoms with van der Waals surface area (Å²) in [6, 6.07) is 7.94. The van der Waals surface area contributed by atoms with Gasteiger partial charge in [0.1, 0.15) is 5.69 Å². The summed E-state index contributed by atoms with van der Waals surface area (Å²) < 4.78 is 1.68. The van der Waals surface area contributed by atoms with E-state index < -0.39 is 0 Å². The molecule has 1 aliphatic heterocycles. The van der Waals surface area contributed by atoms with Gasteiger partial charge in [-0.05, 0) is 29.8 Å². The molecule has 1 saturated heterocycles. The minimum Gasteiger partial charge on any atom is -0.382 e. The fraction of sp³-hybridized carbons (Fsp3) is 0.294. The van der Waals surface area contributed by atoms with Crippen molar-refractivity contribution in [2.75, 3.05) is 14.1 Å². The normalized spacial score (nSPS) is 16.1. The van der Waals surface area contributed by atoms with Crippen LogP contribution in [0, 0.1) is 0 Å². The Bertz CT molecular complexity index is 843. The van der Waals surface area contributed by atoms with Crippen LogP contribution in [0.1, 0.15) is 18.2 Å². The third-order valence-electron chi connectivity index (χ3n) is 3.73. The number of carbonyl (C=O) groups excluding carboxylic acids is 2. The van der Waals surface area contributed by atoms with Crippen LogP contribution in [0.4, 0.5) is 4.79 Å². The predicted octanol–water partition coefficient (Wildman–Crippen LogP) is 2.43. The molecule has 2 aromatic rings. The Labute approximate surface area is 150 Å². The van der Waals surface area contributed by atoms with Crippen molar-refractivity contribution in [1.82, 2.24) is 24.8 Å². The first-order valence-electron chi connectivity index (χ1n) is 7.91. The van der Waals surface area contributed by atoms with Crippen molar-refractivity contribution in [3.05, 3.63) is 52.8 Å². The van der Waals surface area contributed by atoms with Crippen LogP contribution < -0.4 is 0 Å².